The third-order valence-corrected chi connectivity index (χ3v) is 5.63. The zero-order valence-corrected chi connectivity index (χ0v) is 18.2. The second kappa shape index (κ2) is 9.49. The SMILES string of the molecule is COc1cc(Br)cc(N2CCN(Cc3ccc(OC)c(OC)c3)C(CN)C2)c1. The molecule has 6 nitrogen and oxygen atoms in total. The number of nitrogens with two attached hydrogens (primary N) is 1. The molecule has 0 spiro atoms. The zero-order chi connectivity index (χ0) is 20.1. The second-order valence-corrected chi connectivity index (χ2v) is 7.76. The topological polar surface area (TPSA) is 60.2 Å². The predicted molar refractivity (Wildman–Crippen MR) is 116 cm³/mol. The molecule has 0 bridgehead atoms. The highest BCUT2D eigenvalue weighted by Crippen LogP contribution is 2.30. The molecular formula is C21H28BrN3O3. The summed E-state index contributed by atoms with van der Waals surface area (Å²) in [5.41, 5.74) is 8.47. The van der Waals surface area contributed by atoms with Gasteiger partial charge in [-0.2, -0.15) is 0 Å². The van der Waals surface area contributed by atoms with Gasteiger partial charge in [0.1, 0.15) is 5.75 Å². The minimum absolute atomic E-state index is 0.270. The number of methoxy groups -OCH3 is 3. The van der Waals surface area contributed by atoms with Gasteiger partial charge in [0.25, 0.3) is 0 Å². The average Bonchev–Trinajstić information content (AvgIpc) is 2.73. The van der Waals surface area contributed by atoms with Gasteiger partial charge < -0.3 is 24.8 Å². The molecule has 1 saturated heterocycles. The summed E-state index contributed by atoms with van der Waals surface area (Å²) in [6.45, 7) is 4.19. The minimum atomic E-state index is 0.270. The normalized spacial score (nSPS) is 17.5. The molecule has 1 atom stereocenters. The van der Waals surface area contributed by atoms with E-state index in [9.17, 15) is 0 Å². The Labute approximate surface area is 175 Å². The van der Waals surface area contributed by atoms with E-state index in [1.165, 1.54) is 5.56 Å². The smallest absolute Gasteiger partial charge is 0.161 e. The average molecular weight is 450 g/mol. The van der Waals surface area contributed by atoms with Crippen molar-refractivity contribution in [1.82, 2.24) is 4.90 Å². The molecule has 0 aromatic heterocycles. The van der Waals surface area contributed by atoms with Crippen molar-refractivity contribution in [3.63, 3.8) is 0 Å². The Morgan fingerprint density at radius 1 is 1.00 bits per heavy atom. The van der Waals surface area contributed by atoms with Crippen molar-refractivity contribution in [1.29, 1.82) is 0 Å². The number of halogens is 1. The van der Waals surface area contributed by atoms with Crippen molar-refractivity contribution in [3.05, 3.63) is 46.4 Å². The van der Waals surface area contributed by atoms with E-state index in [2.05, 4.69) is 43.9 Å². The van der Waals surface area contributed by atoms with E-state index < -0.39 is 0 Å². The van der Waals surface area contributed by atoms with Gasteiger partial charge >= 0.3 is 0 Å². The number of hydrogen-bond donors (Lipinski definition) is 1. The van der Waals surface area contributed by atoms with Crippen LogP contribution in [0, 0.1) is 0 Å². The Kier molecular flexibility index (Phi) is 7.04. The highest BCUT2D eigenvalue weighted by Gasteiger charge is 2.27. The fraction of sp³-hybridized carbons (Fsp3) is 0.429. The van der Waals surface area contributed by atoms with Crippen LogP contribution in [0.15, 0.2) is 40.9 Å². The lowest BCUT2D eigenvalue weighted by Gasteiger charge is -2.42. The van der Waals surface area contributed by atoms with Gasteiger partial charge in [0.15, 0.2) is 11.5 Å². The molecule has 1 aliphatic rings. The largest absolute Gasteiger partial charge is 0.497 e. The van der Waals surface area contributed by atoms with Crippen molar-refractivity contribution in [2.45, 2.75) is 12.6 Å². The monoisotopic (exact) mass is 449 g/mol. The summed E-state index contributed by atoms with van der Waals surface area (Å²) in [4.78, 5) is 4.81. The summed E-state index contributed by atoms with van der Waals surface area (Å²) in [7, 11) is 5.00. The van der Waals surface area contributed by atoms with Crippen LogP contribution in [0.2, 0.25) is 0 Å². The molecule has 1 fully saturated rings. The zero-order valence-electron chi connectivity index (χ0n) is 16.7. The van der Waals surface area contributed by atoms with Gasteiger partial charge in [0, 0.05) is 55.0 Å². The Morgan fingerprint density at radius 3 is 2.46 bits per heavy atom. The Morgan fingerprint density at radius 2 is 1.79 bits per heavy atom. The van der Waals surface area contributed by atoms with Crippen LogP contribution in [-0.2, 0) is 6.54 Å². The van der Waals surface area contributed by atoms with Gasteiger partial charge in [0.05, 0.1) is 21.3 Å². The summed E-state index contributed by atoms with van der Waals surface area (Å²) in [6, 6.07) is 12.5. The molecule has 7 heteroatoms. The molecular weight excluding hydrogens is 422 g/mol. The second-order valence-electron chi connectivity index (χ2n) is 6.84. The Bertz CT molecular complexity index is 802. The third kappa shape index (κ3) is 4.71. The molecule has 0 radical (unpaired) electrons. The van der Waals surface area contributed by atoms with Crippen LogP contribution in [0.1, 0.15) is 5.56 Å². The van der Waals surface area contributed by atoms with Gasteiger partial charge in [0.2, 0.25) is 0 Å². The lowest BCUT2D eigenvalue weighted by atomic mass is 10.1. The number of ether oxygens (including phenoxy) is 3. The van der Waals surface area contributed by atoms with Crippen LogP contribution in [0.5, 0.6) is 17.2 Å². The molecule has 28 heavy (non-hydrogen) atoms. The van der Waals surface area contributed by atoms with Crippen molar-refractivity contribution < 1.29 is 14.2 Å². The molecule has 152 valence electrons. The maximum absolute atomic E-state index is 6.13. The van der Waals surface area contributed by atoms with Crippen molar-refractivity contribution in [2.24, 2.45) is 5.73 Å². The standard InChI is InChI=1S/C21H28BrN3O3/c1-26-19-10-16(22)9-17(11-19)25-7-6-24(18(12-23)14-25)13-15-4-5-20(27-2)21(8-15)28-3/h4-5,8-11,18H,6-7,12-14,23H2,1-3H3. The molecule has 1 unspecified atom stereocenters. The van der Waals surface area contributed by atoms with E-state index in [1.54, 1.807) is 21.3 Å². The van der Waals surface area contributed by atoms with E-state index in [0.29, 0.717) is 6.54 Å². The molecule has 2 N–H and O–H groups in total. The van der Waals surface area contributed by atoms with Gasteiger partial charge in [-0.15, -0.1) is 0 Å². The van der Waals surface area contributed by atoms with Crippen LogP contribution in [0.25, 0.3) is 0 Å². The first-order chi connectivity index (χ1) is 13.6. The highest BCUT2D eigenvalue weighted by atomic mass is 79.9. The first-order valence-corrected chi connectivity index (χ1v) is 10.1. The number of benzene rings is 2. The molecule has 2 aromatic rings. The van der Waals surface area contributed by atoms with Crippen molar-refractivity contribution in [2.75, 3.05) is 52.4 Å². The fourth-order valence-electron chi connectivity index (χ4n) is 3.62. The van der Waals surface area contributed by atoms with Gasteiger partial charge in [-0.1, -0.05) is 22.0 Å². The molecule has 0 amide bonds. The fourth-order valence-corrected chi connectivity index (χ4v) is 4.08. The minimum Gasteiger partial charge on any atom is -0.497 e. The number of anilines is 1. The molecule has 1 aliphatic heterocycles. The first kappa shape index (κ1) is 20.8. The summed E-state index contributed by atoms with van der Waals surface area (Å²) in [5, 5.41) is 0. The maximum Gasteiger partial charge on any atom is 0.161 e. The molecule has 0 aliphatic carbocycles. The Balaban J connectivity index is 1.72. The van der Waals surface area contributed by atoms with Gasteiger partial charge in [-0.05, 0) is 29.8 Å². The summed E-state index contributed by atoms with van der Waals surface area (Å²) in [6.07, 6.45) is 0. The molecule has 3 rings (SSSR count). The summed E-state index contributed by atoms with van der Waals surface area (Å²) >= 11 is 3.57. The van der Waals surface area contributed by atoms with E-state index in [0.717, 1.165) is 53.6 Å². The highest BCUT2D eigenvalue weighted by molar-refractivity contribution is 9.10. The van der Waals surface area contributed by atoms with E-state index in [1.807, 2.05) is 18.2 Å². The van der Waals surface area contributed by atoms with Gasteiger partial charge in [-0.25, -0.2) is 0 Å². The predicted octanol–water partition coefficient (Wildman–Crippen LogP) is 3.12. The lowest BCUT2D eigenvalue weighted by Crippen LogP contribution is -2.55. The van der Waals surface area contributed by atoms with E-state index >= 15 is 0 Å². The quantitative estimate of drug-likeness (QED) is 0.700. The van der Waals surface area contributed by atoms with Crippen LogP contribution >= 0.6 is 15.9 Å². The maximum atomic E-state index is 6.13. The first-order valence-electron chi connectivity index (χ1n) is 9.32. The van der Waals surface area contributed by atoms with Crippen LogP contribution in [0.3, 0.4) is 0 Å². The van der Waals surface area contributed by atoms with Crippen LogP contribution < -0.4 is 24.8 Å². The van der Waals surface area contributed by atoms with Gasteiger partial charge in [-0.3, -0.25) is 4.90 Å². The number of piperazine rings is 1. The molecule has 0 saturated carbocycles. The lowest BCUT2D eigenvalue weighted by molar-refractivity contribution is 0.172. The Hall–Kier alpha value is -1.96. The summed E-state index contributed by atoms with van der Waals surface area (Å²) in [5.74, 6) is 2.35. The van der Waals surface area contributed by atoms with E-state index in [-0.39, 0.29) is 6.04 Å². The number of rotatable bonds is 7. The van der Waals surface area contributed by atoms with Crippen molar-refractivity contribution in [3.8, 4) is 17.2 Å². The van der Waals surface area contributed by atoms with Crippen LogP contribution in [-0.4, -0.2) is 58.5 Å². The third-order valence-electron chi connectivity index (χ3n) is 5.17. The number of hydrogen-bond acceptors (Lipinski definition) is 6. The van der Waals surface area contributed by atoms with E-state index in [4.69, 9.17) is 19.9 Å². The molecule has 1 heterocycles. The number of nitrogens with zero attached hydrogens (tertiary/aromatic N) is 2. The van der Waals surface area contributed by atoms with Crippen molar-refractivity contribution >= 4 is 21.6 Å². The van der Waals surface area contributed by atoms with Crippen LogP contribution in [0.4, 0.5) is 5.69 Å². The summed E-state index contributed by atoms with van der Waals surface area (Å²) < 4.78 is 17.2. The molecule has 2 aromatic carbocycles.